The molecular weight excluding hydrogens is 1350 g/mol. The van der Waals surface area contributed by atoms with Gasteiger partial charge in [-0.05, 0) is 138 Å². The van der Waals surface area contributed by atoms with Crippen LogP contribution < -0.4 is 14.7 Å². The Labute approximate surface area is 582 Å². The van der Waals surface area contributed by atoms with Crippen molar-refractivity contribution in [2.45, 2.75) is 161 Å². The third-order valence-corrected chi connectivity index (χ3v) is 20.6. The molecule has 0 aliphatic carbocycles. The van der Waals surface area contributed by atoms with Crippen LogP contribution in [-0.2, 0) is 48.2 Å². The number of fused-ring (bicyclic) bond motifs is 2. The number of aryl methyl sites for hydroxylation is 2. The number of carbonyl (C=O) groups excluding carboxylic acids is 3. The van der Waals surface area contributed by atoms with Gasteiger partial charge in [0.15, 0.2) is 18.3 Å². The summed E-state index contributed by atoms with van der Waals surface area (Å²) >= 11 is 6.38. The monoisotopic (exact) mass is 1440 g/mol. The van der Waals surface area contributed by atoms with Gasteiger partial charge in [-0.25, -0.2) is 14.4 Å². The van der Waals surface area contributed by atoms with Crippen molar-refractivity contribution in [1.82, 2.24) is 34.3 Å². The number of anilines is 3. The van der Waals surface area contributed by atoms with Crippen LogP contribution in [0.25, 0.3) is 0 Å². The van der Waals surface area contributed by atoms with E-state index in [0.29, 0.717) is 173 Å². The molecule has 8 saturated heterocycles. The number of amides is 3. The quantitative estimate of drug-likeness (QED) is 0.108. The van der Waals surface area contributed by atoms with E-state index >= 15 is 0 Å². The molecule has 5 atom stereocenters. The standard InChI is InChI=1S/C25H34ClF3N4O3.2C22H30F3N3O4/c1-17(25(27,28)29)36-24(34)32-12-10-30(11-13-32)15-18-2-3-19(26)14-22(18)31-8-6-20(7-9-31)33-21-4-5-23(33)35-16-21;2*1-15-3-4-18(19(13-15)27-7-5-17(6-8-27)20(29)30)14-26-9-11-28(12-10-26)21(31)32-16(2)22(23,24)25/h2-3,14,17,20-21,23H,4-13,15-16H2,1H3;2*3-4,13,16-17H,5-12,14H2,1-2H3,(H,29,30). The number of hydrogen-bond acceptors (Lipinski definition) is 16. The Kier molecular flexibility index (Phi) is 26.4. The summed E-state index contributed by atoms with van der Waals surface area (Å²) in [4.78, 5) is 78.7. The van der Waals surface area contributed by atoms with Crippen LogP contribution in [0.4, 0.5) is 71.0 Å². The zero-order valence-corrected chi connectivity index (χ0v) is 58.1. The van der Waals surface area contributed by atoms with Gasteiger partial charge in [-0.1, -0.05) is 41.9 Å². The lowest BCUT2D eigenvalue weighted by Gasteiger charge is -2.40. The fourth-order valence-electron chi connectivity index (χ4n) is 14.1. The van der Waals surface area contributed by atoms with Gasteiger partial charge in [0.25, 0.3) is 0 Å². The second-order valence-electron chi connectivity index (χ2n) is 27.4. The Hall–Kier alpha value is -6.73. The minimum absolute atomic E-state index is 0.299. The van der Waals surface area contributed by atoms with Crippen molar-refractivity contribution in [3.8, 4) is 0 Å². The number of halogens is 10. The van der Waals surface area contributed by atoms with Crippen LogP contribution in [0, 0.1) is 25.7 Å². The first-order valence-electron chi connectivity index (χ1n) is 34.6. The highest BCUT2D eigenvalue weighted by Crippen LogP contribution is 2.39. The smallest absolute Gasteiger partial charge is 0.425 e. The summed E-state index contributed by atoms with van der Waals surface area (Å²) < 4.78 is 133. The number of carboxylic acid groups (broad SMARTS) is 2. The minimum Gasteiger partial charge on any atom is -0.481 e. The van der Waals surface area contributed by atoms with Crippen LogP contribution in [0.3, 0.4) is 0 Å². The predicted molar refractivity (Wildman–Crippen MR) is 355 cm³/mol. The average Bonchev–Trinajstić information content (AvgIpc) is 1.21. The number of ether oxygens (including phenoxy) is 4. The Morgan fingerprint density at radius 3 is 1.06 bits per heavy atom. The first-order valence-corrected chi connectivity index (χ1v) is 35.0. The van der Waals surface area contributed by atoms with Gasteiger partial charge in [0.1, 0.15) is 6.23 Å². The number of aliphatic carboxylic acids is 2. The molecule has 0 spiro atoms. The molecule has 0 aromatic heterocycles. The summed E-state index contributed by atoms with van der Waals surface area (Å²) in [5.41, 5.74) is 8.97. The van der Waals surface area contributed by atoms with Crippen molar-refractivity contribution in [1.29, 1.82) is 0 Å². The first kappa shape index (κ1) is 77.4. The van der Waals surface area contributed by atoms with Crippen molar-refractivity contribution >= 4 is 58.9 Å². The van der Waals surface area contributed by atoms with E-state index in [1.54, 1.807) is 0 Å². The molecule has 21 nitrogen and oxygen atoms in total. The molecule has 8 heterocycles. The zero-order chi connectivity index (χ0) is 72.4. The number of benzene rings is 3. The summed E-state index contributed by atoms with van der Waals surface area (Å²) in [6.07, 6.45) is -15.5. The highest BCUT2D eigenvalue weighted by Gasteiger charge is 2.46. The molecule has 556 valence electrons. The second-order valence-corrected chi connectivity index (χ2v) is 27.8. The lowest BCUT2D eigenvalue weighted by molar-refractivity contribution is -0.200. The van der Waals surface area contributed by atoms with Gasteiger partial charge >= 0.3 is 48.7 Å². The van der Waals surface area contributed by atoms with Crippen LogP contribution in [0.5, 0.6) is 0 Å². The maximum Gasteiger partial charge on any atom is 0.425 e. The highest BCUT2D eigenvalue weighted by atomic mass is 35.5. The molecule has 11 rings (SSSR count). The van der Waals surface area contributed by atoms with Crippen molar-refractivity contribution in [2.24, 2.45) is 11.8 Å². The zero-order valence-electron chi connectivity index (χ0n) is 57.3. The summed E-state index contributed by atoms with van der Waals surface area (Å²) in [5, 5.41) is 19.2. The molecule has 8 fully saturated rings. The summed E-state index contributed by atoms with van der Waals surface area (Å²) in [5.74, 6) is -2.08. The average molecular weight is 1450 g/mol. The van der Waals surface area contributed by atoms with Gasteiger partial charge in [-0.15, -0.1) is 0 Å². The molecule has 0 radical (unpaired) electrons. The van der Waals surface area contributed by atoms with E-state index in [4.69, 9.17) is 16.3 Å². The number of piperazine rings is 3. The Bertz CT molecular complexity index is 3080. The van der Waals surface area contributed by atoms with Gasteiger partial charge in [-0.2, -0.15) is 39.5 Å². The Morgan fingerprint density at radius 2 is 0.770 bits per heavy atom. The number of rotatable bonds is 15. The summed E-state index contributed by atoms with van der Waals surface area (Å²) in [7, 11) is 0. The van der Waals surface area contributed by atoms with Crippen molar-refractivity contribution in [3.05, 3.63) is 87.4 Å². The number of nitrogens with zero attached hydrogens (tertiary/aromatic N) is 10. The van der Waals surface area contributed by atoms with E-state index in [2.05, 4.69) is 78.8 Å². The summed E-state index contributed by atoms with van der Waals surface area (Å²) in [6.45, 7) is 19.2. The first-order chi connectivity index (χ1) is 47.3. The normalized spacial score (nSPS) is 22.3. The Morgan fingerprint density at radius 1 is 0.450 bits per heavy atom. The maximum atomic E-state index is 12.7. The number of carboxylic acids is 2. The number of hydrogen-bond donors (Lipinski definition) is 2. The molecule has 100 heavy (non-hydrogen) atoms. The van der Waals surface area contributed by atoms with Crippen molar-refractivity contribution < 1.29 is 92.6 Å². The largest absolute Gasteiger partial charge is 0.481 e. The Balaban J connectivity index is 0.000000175. The van der Waals surface area contributed by atoms with Gasteiger partial charge in [0.2, 0.25) is 0 Å². The lowest BCUT2D eigenvalue weighted by atomic mass is 9.95. The van der Waals surface area contributed by atoms with Gasteiger partial charge < -0.3 is 58.6 Å². The topological polar surface area (TPSA) is 195 Å². The molecule has 31 heteroatoms. The molecule has 3 aromatic rings. The molecule has 5 unspecified atom stereocenters. The van der Waals surface area contributed by atoms with Crippen LogP contribution >= 0.6 is 11.6 Å². The van der Waals surface area contributed by atoms with Crippen molar-refractivity contribution in [3.63, 3.8) is 0 Å². The van der Waals surface area contributed by atoms with Gasteiger partial charge in [0.05, 0.1) is 18.4 Å². The maximum absolute atomic E-state index is 12.7. The van der Waals surface area contributed by atoms with E-state index in [-0.39, 0.29) is 11.8 Å². The molecule has 8 aliphatic rings. The molecule has 3 amide bonds. The molecular formula is C69H94ClF9N10O11. The second kappa shape index (κ2) is 34.0. The molecule has 2 N–H and O–H groups in total. The van der Waals surface area contributed by atoms with Crippen LogP contribution in [0.15, 0.2) is 54.6 Å². The molecule has 3 aromatic carbocycles. The van der Waals surface area contributed by atoms with Crippen LogP contribution in [0.2, 0.25) is 5.02 Å². The number of piperidine rings is 3. The van der Waals surface area contributed by atoms with Crippen LogP contribution in [-0.4, -0.2) is 254 Å². The lowest BCUT2D eigenvalue weighted by Crippen LogP contribution is -2.50. The third kappa shape index (κ3) is 21.0. The summed E-state index contributed by atoms with van der Waals surface area (Å²) in [6, 6.07) is 19.6. The fourth-order valence-corrected chi connectivity index (χ4v) is 14.3. The number of carbonyl (C=O) groups is 5. The molecule has 8 aliphatic heterocycles. The molecule has 2 bridgehead atoms. The van der Waals surface area contributed by atoms with E-state index in [1.165, 1.54) is 26.7 Å². The molecule has 0 saturated carbocycles. The predicted octanol–water partition coefficient (Wildman–Crippen LogP) is 11.3. The highest BCUT2D eigenvalue weighted by molar-refractivity contribution is 6.30. The van der Waals surface area contributed by atoms with Gasteiger partial charge in [0, 0.05) is 172 Å². The fraction of sp³-hybridized carbons (Fsp3) is 0.667. The number of alkyl halides is 9. The minimum atomic E-state index is -4.57. The third-order valence-electron chi connectivity index (χ3n) is 20.4. The van der Waals surface area contributed by atoms with Crippen LogP contribution in [0.1, 0.15) is 100.0 Å². The van der Waals surface area contributed by atoms with Gasteiger partial charge in [-0.3, -0.25) is 29.2 Å². The van der Waals surface area contributed by atoms with E-state index in [1.807, 2.05) is 38.1 Å². The van der Waals surface area contributed by atoms with E-state index < -0.39 is 67.1 Å². The van der Waals surface area contributed by atoms with E-state index in [9.17, 15) is 73.7 Å². The van der Waals surface area contributed by atoms with E-state index in [0.717, 1.165) is 99.0 Å². The van der Waals surface area contributed by atoms with Crippen molar-refractivity contribution in [2.75, 3.05) is 139 Å². The SMILES string of the molecule is CC(OC(=O)N1CCN(Cc2ccc(Cl)cc2N2CCC(N3C4CCC3OC4)CC2)CC1)C(F)(F)F.Cc1ccc(CN2CCN(C(=O)OC(C)C(F)(F)F)CC2)c(N2CCC(C(=O)O)CC2)c1.Cc1ccc(CN2CCN(C(=O)OC(C)C(F)(F)F)CC2)c(N2CCC(C(=O)O)CC2)c1.